The number of benzene rings is 1. The summed E-state index contributed by atoms with van der Waals surface area (Å²) in [7, 11) is -4.37. The second-order valence-corrected chi connectivity index (χ2v) is 6.45. The molecule has 0 aliphatic heterocycles. The van der Waals surface area contributed by atoms with Crippen LogP contribution >= 0.6 is 0 Å². The fourth-order valence-corrected chi connectivity index (χ4v) is 3.64. The van der Waals surface area contributed by atoms with Crippen LogP contribution in [0.4, 0.5) is 18.9 Å². The van der Waals surface area contributed by atoms with Crippen molar-refractivity contribution in [3.8, 4) is 0 Å². The minimum absolute atomic E-state index is 0.00569. The Bertz CT molecular complexity index is 769. The number of anilines is 1. The fourth-order valence-electron chi connectivity index (χ4n) is 2.07. The molecule has 2 aromatic rings. The molecule has 5 nitrogen and oxygen atoms in total. The highest BCUT2D eigenvalue weighted by atomic mass is 32.2. The van der Waals surface area contributed by atoms with E-state index in [0.29, 0.717) is 11.9 Å². The van der Waals surface area contributed by atoms with Crippen LogP contribution in [0.5, 0.6) is 0 Å². The average Bonchev–Trinajstić information content (AvgIpc) is 2.89. The van der Waals surface area contributed by atoms with E-state index in [1.165, 1.54) is 6.07 Å². The zero-order valence-electron chi connectivity index (χ0n) is 11.8. The Hall–Kier alpha value is -2.03. The standard InChI is InChI=1S/C13H14F3N3O2S/c1-3-19(10-6-4-5-9(2)7-10)22(20,21)11-8-17-18-12(11)13(14,15)16/h4-8H,3H2,1-2H3,(H,17,18). The van der Waals surface area contributed by atoms with Crippen LogP contribution in [0, 0.1) is 6.92 Å². The molecule has 9 heteroatoms. The summed E-state index contributed by atoms with van der Waals surface area (Å²) in [5.41, 5.74) is -0.273. The Balaban J connectivity index is 2.56. The number of halogens is 3. The topological polar surface area (TPSA) is 66.1 Å². The van der Waals surface area contributed by atoms with Crippen molar-refractivity contribution in [3.63, 3.8) is 0 Å². The molecule has 0 saturated heterocycles. The summed E-state index contributed by atoms with van der Waals surface area (Å²) in [5, 5.41) is 4.94. The van der Waals surface area contributed by atoms with Crippen LogP contribution in [0.3, 0.4) is 0 Å². The predicted molar refractivity (Wildman–Crippen MR) is 75.0 cm³/mol. The number of sulfonamides is 1. The van der Waals surface area contributed by atoms with Gasteiger partial charge in [-0.3, -0.25) is 9.40 Å². The van der Waals surface area contributed by atoms with Crippen LogP contribution in [0.1, 0.15) is 18.2 Å². The van der Waals surface area contributed by atoms with E-state index in [4.69, 9.17) is 0 Å². The Morgan fingerprint density at radius 2 is 2.00 bits per heavy atom. The van der Waals surface area contributed by atoms with Crippen molar-refractivity contribution >= 4 is 15.7 Å². The molecule has 2 rings (SSSR count). The van der Waals surface area contributed by atoms with Crippen LogP contribution in [0.15, 0.2) is 35.4 Å². The quantitative estimate of drug-likeness (QED) is 0.935. The number of nitrogens with one attached hydrogen (secondary N) is 1. The molecule has 0 aliphatic rings. The SMILES string of the molecule is CCN(c1cccc(C)c1)S(=O)(=O)c1cn[nH]c1C(F)(F)F. The van der Waals surface area contributed by atoms with Crippen LogP contribution in [-0.4, -0.2) is 25.2 Å². The first-order valence-electron chi connectivity index (χ1n) is 6.38. The maximum Gasteiger partial charge on any atom is 0.434 e. The first kappa shape index (κ1) is 16.3. The minimum Gasteiger partial charge on any atom is -0.272 e. The van der Waals surface area contributed by atoms with Crippen molar-refractivity contribution in [1.29, 1.82) is 0 Å². The molecule has 0 bridgehead atoms. The van der Waals surface area contributed by atoms with Crippen LogP contribution in [0.25, 0.3) is 0 Å². The van der Waals surface area contributed by atoms with Crippen molar-refractivity contribution in [3.05, 3.63) is 41.7 Å². The molecule has 0 amide bonds. The van der Waals surface area contributed by atoms with E-state index < -0.39 is 26.8 Å². The van der Waals surface area contributed by atoms with Gasteiger partial charge in [0.15, 0.2) is 5.69 Å². The average molecular weight is 333 g/mol. The van der Waals surface area contributed by atoms with Crippen molar-refractivity contribution in [1.82, 2.24) is 10.2 Å². The first-order valence-corrected chi connectivity index (χ1v) is 7.82. The van der Waals surface area contributed by atoms with Crippen LogP contribution < -0.4 is 4.31 Å². The van der Waals surface area contributed by atoms with Gasteiger partial charge in [-0.05, 0) is 31.5 Å². The lowest BCUT2D eigenvalue weighted by atomic mass is 10.2. The van der Waals surface area contributed by atoms with Crippen molar-refractivity contribution in [2.24, 2.45) is 0 Å². The maximum atomic E-state index is 12.9. The highest BCUT2D eigenvalue weighted by Crippen LogP contribution is 2.34. The molecule has 1 aromatic heterocycles. The summed E-state index contributed by atoms with van der Waals surface area (Å²) in [4.78, 5) is -0.886. The highest BCUT2D eigenvalue weighted by Gasteiger charge is 2.41. The highest BCUT2D eigenvalue weighted by molar-refractivity contribution is 7.92. The lowest BCUT2D eigenvalue weighted by molar-refractivity contribution is -0.143. The van der Waals surface area contributed by atoms with Gasteiger partial charge in [0.25, 0.3) is 10.0 Å². The number of hydrogen-bond acceptors (Lipinski definition) is 3. The van der Waals surface area contributed by atoms with Crippen molar-refractivity contribution < 1.29 is 21.6 Å². The Labute approximate surface area is 125 Å². The Morgan fingerprint density at radius 1 is 1.32 bits per heavy atom. The lowest BCUT2D eigenvalue weighted by Gasteiger charge is -2.23. The number of aromatic nitrogens is 2. The molecule has 0 unspecified atom stereocenters. The van der Waals surface area contributed by atoms with Crippen molar-refractivity contribution in [2.75, 3.05) is 10.8 Å². The molecule has 22 heavy (non-hydrogen) atoms. The fraction of sp³-hybridized carbons (Fsp3) is 0.308. The predicted octanol–water partition coefficient (Wildman–Crippen LogP) is 2.95. The van der Waals surface area contributed by atoms with Gasteiger partial charge >= 0.3 is 6.18 Å². The van der Waals surface area contributed by atoms with E-state index >= 15 is 0 Å². The summed E-state index contributed by atoms with van der Waals surface area (Å²) in [6.07, 6.45) is -4.15. The number of aromatic amines is 1. The van der Waals surface area contributed by atoms with Gasteiger partial charge < -0.3 is 0 Å². The number of alkyl halides is 3. The van der Waals surface area contributed by atoms with E-state index in [-0.39, 0.29) is 6.54 Å². The van der Waals surface area contributed by atoms with Gasteiger partial charge in [0.2, 0.25) is 0 Å². The second kappa shape index (κ2) is 5.64. The van der Waals surface area contributed by atoms with Gasteiger partial charge in [0.05, 0.1) is 11.9 Å². The molecule has 0 aliphatic carbocycles. The Kier molecular flexibility index (Phi) is 4.19. The van der Waals surface area contributed by atoms with E-state index in [1.807, 2.05) is 0 Å². The lowest BCUT2D eigenvalue weighted by Crippen LogP contribution is -2.32. The molecule has 0 atom stereocenters. The molecule has 0 spiro atoms. The number of H-pyrrole nitrogens is 1. The molecule has 120 valence electrons. The minimum atomic E-state index is -4.83. The van der Waals surface area contributed by atoms with Gasteiger partial charge in [-0.1, -0.05) is 12.1 Å². The summed E-state index contributed by atoms with van der Waals surface area (Å²) in [6.45, 7) is 3.31. The molecule has 0 saturated carbocycles. The van der Waals surface area contributed by atoms with E-state index in [2.05, 4.69) is 5.10 Å². The van der Waals surface area contributed by atoms with Crippen LogP contribution in [0.2, 0.25) is 0 Å². The maximum absolute atomic E-state index is 12.9. The smallest absolute Gasteiger partial charge is 0.272 e. The normalized spacial score (nSPS) is 12.4. The summed E-state index contributed by atoms with van der Waals surface area (Å²) < 4.78 is 64.7. The van der Waals surface area contributed by atoms with E-state index in [0.717, 1.165) is 9.87 Å². The molecule has 1 N–H and O–H groups in total. The third kappa shape index (κ3) is 2.94. The zero-order valence-corrected chi connectivity index (χ0v) is 12.7. The summed E-state index contributed by atoms with van der Waals surface area (Å²) in [6, 6.07) is 6.53. The molecule has 0 fully saturated rings. The summed E-state index contributed by atoms with van der Waals surface area (Å²) in [5.74, 6) is 0. The molecule has 1 heterocycles. The largest absolute Gasteiger partial charge is 0.434 e. The van der Waals surface area contributed by atoms with E-state index in [9.17, 15) is 21.6 Å². The third-order valence-electron chi connectivity index (χ3n) is 3.03. The van der Waals surface area contributed by atoms with Gasteiger partial charge in [0.1, 0.15) is 4.90 Å². The number of rotatable bonds is 4. The van der Waals surface area contributed by atoms with Crippen LogP contribution in [-0.2, 0) is 16.2 Å². The van der Waals surface area contributed by atoms with E-state index in [1.54, 1.807) is 37.1 Å². The van der Waals surface area contributed by atoms with Gasteiger partial charge in [0, 0.05) is 6.54 Å². The second-order valence-electron chi connectivity index (χ2n) is 4.62. The van der Waals surface area contributed by atoms with Gasteiger partial charge in [-0.2, -0.15) is 18.3 Å². The molecular weight excluding hydrogens is 319 g/mol. The molecular formula is C13H14F3N3O2S. The zero-order chi connectivity index (χ0) is 16.5. The number of nitrogens with zero attached hydrogens (tertiary/aromatic N) is 2. The number of hydrogen-bond donors (Lipinski definition) is 1. The monoisotopic (exact) mass is 333 g/mol. The van der Waals surface area contributed by atoms with Gasteiger partial charge in [-0.15, -0.1) is 0 Å². The summed E-state index contributed by atoms with van der Waals surface area (Å²) >= 11 is 0. The molecule has 0 radical (unpaired) electrons. The van der Waals surface area contributed by atoms with Crippen molar-refractivity contribution in [2.45, 2.75) is 24.9 Å². The number of aryl methyl sites for hydroxylation is 1. The van der Waals surface area contributed by atoms with Gasteiger partial charge in [-0.25, -0.2) is 8.42 Å². The first-order chi connectivity index (χ1) is 10.2. The third-order valence-corrected chi connectivity index (χ3v) is 4.95. The Morgan fingerprint density at radius 3 is 2.55 bits per heavy atom. The molecule has 1 aromatic carbocycles.